The molecule has 0 aliphatic rings. The fourth-order valence-electron chi connectivity index (χ4n) is 0.201. The van der Waals surface area contributed by atoms with Gasteiger partial charge in [0.05, 0.1) is 0 Å². The first-order valence-electron chi connectivity index (χ1n) is 2.55. The molecule has 0 aromatic carbocycles. The molecule has 0 heterocycles. The lowest BCUT2D eigenvalue weighted by molar-refractivity contribution is -0.0979. The average molecular weight is 137 g/mol. The van der Waals surface area contributed by atoms with Gasteiger partial charge in [-0.1, -0.05) is 25.8 Å². The van der Waals surface area contributed by atoms with Crippen LogP contribution in [0.25, 0.3) is 0 Å². The molecule has 0 amide bonds. The second-order valence-electron chi connectivity index (χ2n) is 1.24. The lowest BCUT2D eigenvalue weighted by atomic mass is 10.3. The molecule has 0 rings (SSSR count). The van der Waals surface area contributed by atoms with Gasteiger partial charge in [0.25, 0.3) is 0 Å². The smallest absolute Gasteiger partial charge is 0.106 e. The topological polar surface area (TPSA) is 29.4 Å². The Bertz CT molecular complexity index is 147. The number of hydrogen-bond acceptors (Lipinski definition) is 2. The Morgan fingerprint density at radius 2 is 1.80 bits per heavy atom. The molecule has 0 bridgehead atoms. The average Bonchev–Trinajstić information content (AvgIpc) is 2.04. The van der Waals surface area contributed by atoms with E-state index in [9.17, 15) is 0 Å². The summed E-state index contributed by atoms with van der Waals surface area (Å²) in [6.07, 6.45) is 4.68. The van der Waals surface area contributed by atoms with Gasteiger partial charge >= 0.3 is 0 Å². The van der Waals surface area contributed by atoms with Crippen LogP contribution >= 0.6 is 0 Å². The van der Waals surface area contributed by atoms with Crippen molar-refractivity contribution >= 4 is 13.0 Å². The SMILES string of the molecule is C=CN=CC(=C)C=C.C=O. The third-order valence-corrected chi connectivity index (χ3v) is 0.608. The van der Waals surface area contributed by atoms with E-state index in [4.69, 9.17) is 4.79 Å². The Kier molecular flexibility index (Phi) is 12.0. The van der Waals surface area contributed by atoms with Gasteiger partial charge in [-0.15, -0.1) is 0 Å². The van der Waals surface area contributed by atoms with Crippen LogP contribution in [0.4, 0.5) is 0 Å². The van der Waals surface area contributed by atoms with E-state index in [1.807, 2.05) is 6.79 Å². The van der Waals surface area contributed by atoms with Gasteiger partial charge < -0.3 is 4.79 Å². The van der Waals surface area contributed by atoms with Gasteiger partial charge in [-0.2, -0.15) is 0 Å². The Labute approximate surface area is 61.3 Å². The minimum atomic E-state index is 0.796. The zero-order chi connectivity index (χ0) is 8.41. The second kappa shape index (κ2) is 10.5. The standard InChI is InChI=1S/C7H9N.CH2O/c1-4-7(3)6-8-5-2;1-2/h4-6H,1-3H2;1H2. The molecule has 0 N–H and O–H groups in total. The number of rotatable bonds is 3. The van der Waals surface area contributed by atoms with Crippen LogP contribution in [-0.2, 0) is 4.79 Å². The van der Waals surface area contributed by atoms with Crippen molar-refractivity contribution in [2.24, 2.45) is 4.99 Å². The molecular formula is C8H11NO. The lowest BCUT2D eigenvalue weighted by Crippen LogP contribution is -1.71. The highest BCUT2D eigenvalue weighted by Gasteiger charge is 1.71. The molecule has 0 saturated heterocycles. The first kappa shape index (κ1) is 11.4. The number of allylic oxidation sites excluding steroid dienone is 2. The van der Waals surface area contributed by atoms with Crippen LogP contribution in [0.15, 0.2) is 42.6 Å². The predicted molar refractivity (Wildman–Crippen MR) is 45.1 cm³/mol. The van der Waals surface area contributed by atoms with Crippen LogP contribution in [0.5, 0.6) is 0 Å². The molecule has 2 heteroatoms. The van der Waals surface area contributed by atoms with Gasteiger partial charge in [-0.25, -0.2) is 0 Å². The Hall–Kier alpha value is -1.44. The van der Waals surface area contributed by atoms with Gasteiger partial charge in [-0.05, 0) is 5.57 Å². The Balaban J connectivity index is 0. The van der Waals surface area contributed by atoms with Crippen LogP contribution in [-0.4, -0.2) is 13.0 Å². The number of aliphatic imine (C=N–C) groups is 1. The summed E-state index contributed by atoms with van der Waals surface area (Å²) < 4.78 is 0. The third-order valence-electron chi connectivity index (χ3n) is 0.608. The maximum atomic E-state index is 8.00. The van der Waals surface area contributed by atoms with Crippen LogP contribution in [0.1, 0.15) is 0 Å². The second-order valence-corrected chi connectivity index (χ2v) is 1.24. The van der Waals surface area contributed by atoms with Crippen molar-refractivity contribution < 1.29 is 4.79 Å². The highest BCUT2D eigenvalue weighted by molar-refractivity contribution is 5.81. The quantitative estimate of drug-likeness (QED) is 0.430. The summed E-state index contributed by atoms with van der Waals surface area (Å²) in [6, 6.07) is 0. The van der Waals surface area contributed by atoms with Gasteiger partial charge in [-0.3, -0.25) is 4.99 Å². The highest BCUT2D eigenvalue weighted by atomic mass is 16.1. The molecule has 0 atom stereocenters. The molecule has 0 aromatic rings. The fourth-order valence-corrected chi connectivity index (χ4v) is 0.201. The predicted octanol–water partition coefficient (Wildman–Crippen LogP) is 1.76. The molecule has 0 aromatic heterocycles. The van der Waals surface area contributed by atoms with E-state index in [2.05, 4.69) is 24.7 Å². The largest absolute Gasteiger partial charge is 0.307 e. The van der Waals surface area contributed by atoms with E-state index in [-0.39, 0.29) is 0 Å². The summed E-state index contributed by atoms with van der Waals surface area (Å²) in [4.78, 5) is 11.7. The number of carbonyl (C=O) groups excluding carboxylic acids is 1. The molecule has 0 spiro atoms. The van der Waals surface area contributed by atoms with Gasteiger partial charge in [0.1, 0.15) is 6.79 Å². The zero-order valence-corrected chi connectivity index (χ0v) is 5.92. The van der Waals surface area contributed by atoms with Crippen LogP contribution in [0.3, 0.4) is 0 Å². The third kappa shape index (κ3) is 9.75. The molecule has 0 aliphatic heterocycles. The summed E-state index contributed by atoms with van der Waals surface area (Å²) in [6.45, 7) is 12.5. The molecular weight excluding hydrogens is 126 g/mol. The minimum Gasteiger partial charge on any atom is -0.307 e. The Morgan fingerprint density at radius 1 is 1.30 bits per heavy atom. The van der Waals surface area contributed by atoms with Gasteiger partial charge in [0, 0.05) is 12.4 Å². The van der Waals surface area contributed by atoms with Crippen molar-refractivity contribution in [3.8, 4) is 0 Å². The van der Waals surface area contributed by atoms with Gasteiger partial charge in [0.15, 0.2) is 0 Å². The van der Waals surface area contributed by atoms with Crippen LogP contribution in [0, 0.1) is 0 Å². The zero-order valence-electron chi connectivity index (χ0n) is 5.92. The number of carbonyl (C=O) groups is 1. The van der Waals surface area contributed by atoms with E-state index in [1.54, 1.807) is 12.3 Å². The monoisotopic (exact) mass is 137 g/mol. The molecule has 0 unspecified atom stereocenters. The van der Waals surface area contributed by atoms with E-state index in [0.29, 0.717) is 0 Å². The summed E-state index contributed by atoms with van der Waals surface area (Å²) in [7, 11) is 0. The molecule has 0 radical (unpaired) electrons. The summed E-state index contributed by atoms with van der Waals surface area (Å²) in [5.74, 6) is 0. The highest BCUT2D eigenvalue weighted by Crippen LogP contribution is 1.83. The van der Waals surface area contributed by atoms with Gasteiger partial charge in [0.2, 0.25) is 0 Å². The van der Waals surface area contributed by atoms with Crippen molar-refractivity contribution in [1.82, 2.24) is 0 Å². The first-order chi connectivity index (χ1) is 4.81. The van der Waals surface area contributed by atoms with E-state index in [1.165, 1.54) is 6.20 Å². The normalized spacial score (nSPS) is 7.60. The van der Waals surface area contributed by atoms with Crippen molar-refractivity contribution in [2.75, 3.05) is 0 Å². The maximum Gasteiger partial charge on any atom is 0.106 e. The number of hydrogen-bond donors (Lipinski definition) is 0. The van der Waals surface area contributed by atoms with Crippen molar-refractivity contribution in [2.45, 2.75) is 0 Å². The summed E-state index contributed by atoms with van der Waals surface area (Å²) >= 11 is 0. The molecule has 0 fully saturated rings. The molecule has 0 saturated carbocycles. The fraction of sp³-hybridized carbons (Fsp3) is 0. The van der Waals surface area contributed by atoms with Crippen LogP contribution < -0.4 is 0 Å². The minimum absolute atomic E-state index is 0.796. The lowest BCUT2D eigenvalue weighted by Gasteiger charge is -1.80. The summed E-state index contributed by atoms with van der Waals surface area (Å²) in [5, 5.41) is 0. The maximum absolute atomic E-state index is 8.00. The van der Waals surface area contributed by atoms with E-state index in [0.717, 1.165) is 5.57 Å². The summed E-state index contributed by atoms with van der Waals surface area (Å²) in [5.41, 5.74) is 0.796. The van der Waals surface area contributed by atoms with E-state index < -0.39 is 0 Å². The number of nitrogens with zero attached hydrogens (tertiary/aromatic N) is 1. The van der Waals surface area contributed by atoms with Crippen molar-refractivity contribution in [3.05, 3.63) is 37.6 Å². The first-order valence-corrected chi connectivity index (χ1v) is 2.55. The van der Waals surface area contributed by atoms with Crippen LogP contribution in [0.2, 0.25) is 0 Å². The molecule has 54 valence electrons. The van der Waals surface area contributed by atoms with Crippen molar-refractivity contribution in [3.63, 3.8) is 0 Å². The molecule has 10 heavy (non-hydrogen) atoms. The Morgan fingerprint density at radius 3 is 2.10 bits per heavy atom. The van der Waals surface area contributed by atoms with Crippen molar-refractivity contribution in [1.29, 1.82) is 0 Å². The van der Waals surface area contributed by atoms with E-state index >= 15 is 0 Å². The molecule has 2 nitrogen and oxygen atoms in total. The molecule has 0 aliphatic carbocycles.